The number of carbonyl (C=O) groups is 1. The Bertz CT molecular complexity index is 975. The number of carbonyl (C=O) groups excluding carboxylic acids is 1. The van der Waals surface area contributed by atoms with Gasteiger partial charge in [-0.3, -0.25) is 4.79 Å². The van der Waals surface area contributed by atoms with Gasteiger partial charge in [0.15, 0.2) is 6.61 Å². The van der Waals surface area contributed by atoms with E-state index in [1.165, 1.54) is 23.1 Å². The fourth-order valence-corrected chi connectivity index (χ4v) is 2.46. The highest BCUT2D eigenvalue weighted by atomic mass is 35.5. The molecule has 0 bridgehead atoms. The number of alkyl halides is 3. The summed E-state index contributed by atoms with van der Waals surface area (Å²) < 4.78 is 42.7. The second-order valence-corrected chi connectivity index (χ2v) is 6.18. The molecule has 0 unspecified atom stereocenters. The van der Waals surface area contributed by atoms with Crippen molar-refractivity contribution in [1.29, 1.82) is 0 Å². The van der Waals surface area contributed by atoms with E-state index < -0.39 is 12.8 Å². The number of aromatic nitrogens is 3. The highest BCUT2D eigenvalue weighted by Crippen LogP contribution is 2.18. The molecular weight excluding hydrogens is 397 g/mol. The van der Waals surface area contributed by atoms with Gasteiger partial charge >= 0.3 is 6.18 Å². The Morgan fingerprint density at radius 3 is 2.82 bits per heavy atom. The van der Waals surface area contributed by atoms with Crippen LogP contribution in [0.15, 0.2) is 55.0 Å². The third-order valence-electron chi connectivity index (χ3n) is 3.55. The molecule has 0 fully saturated rings. The summed E-state index contributed by atoms with van der Waals surface area (Å²) in [6.45, 7) is -1.34. The lowest BCUT2D eigenvalue weighted by Crippen LogP contribution is -2.22. The maximum absolute atomic E-state index is 12.3. The summed E-state index contributed by atoms with van der Waals surface area (Å²) in [5.41, 5.74) is 1.57. The number of rotatable bonds is 6. The fourth-order valence-electron chi connectivity index (χ4n) is 2.28. The predicted octanol–water partition coefficient (Wildman–Crippen LogP) is 3.79. The van der Waals surface area contributed by atoms with Crippen LogP contribution in [0.25, 0.3) is 5.69 Å². The van der Waals surface area contributed by atoms with Gasteiger partial charge in [-0.2, -0.15) is 18.3 Å². The van der Waals surface area contributed by atoms with Crippen LogP contribution < -0.4 is 10.1 Å². The van der Waals surface area contributed by atoms with Gasteiger partial charge in [0.1, 0.15) is 0 Å². The maximum atomic E-state index is 12.3. The summed E-state index contributed by atoms with van der Waals surface area (Å²) in [5, 5.41) is 7.33. The van der Waals surface area contributed by atoms with E-state index in [1.807, 2.05) is 0 Å². The first kappa shape index (κ1) is 19.7. The number of nitrogens with one attached hydrogen (secondary N) is 1. The van der Waals surface area contributed by atoms with Gasteiger partial charge in [0.05, 0.1) is 17.4 Å². The van der Waals surface area contributed by atoms with Crippen molar-refractivity contribution in [2.24, 2.45) is 0 Å². The Balaban J connectivity index is 1.60. The molecule has 2 aromatic heterocycles. The van der Waals surface area contributed by atoms with Gasteiger partial charge in [-0.05, 0) is 29.8 Å². The molecule has 2 heterocycles. The quantitative estimate of drug-likeness (QED) is 0.671. The van der Waals surface area contributed by atoms with Crippen LogP contribution in [-0.2, 0) is 6.54 Å². The number of benzene rings is 1. The lowest BCUT2D eigenvalue weighted by Gasteiger charge is -2.09. The number of halogens is 4. The van der Waals surface area contributed by atoms with Gasteiger partial charge in [0, 0.05) is 30.0 Å². The van der Waals surface area contributed by atoms with Crippen LogP contribution in [-0.4, -0.2) is 33.5 Å². The van der Waals surface area contributed by atoms with Gasteiger partial charge < -0.3 is 10.1 Å². The van der Waals surface area contributed by atoms with E-state index in [-0.39, 0.29) is 18.3 Å². The number of amides is 1. The molecule has 0 spiro atoms. The molecule has 0 atom stereocenters. The Kier molecular flexibility index (Phi) is 5.84. The molecule has 1 aromatic carbocycles. The number of ether oxygens (including phenoxy) is 1. The van der Waals surface area contributed by atoms with Crippen molar-refractivity contribution in [3.63, 3.8) is 0 Å². The van der Waals surface area contributed by atoms with Crippen molar-refractivity contribution in [2.75, 3.05) is 6.61 Å². The minimum atomic E-state index is -4.45. The molecule has 6 nitrogen and oxygen atoms in total. The molecular formula is C18H14ClF3N4O2. The average Bonchev–Trinajstić information content (AvgIpc) is 3.15. The van der Waals surface area contributed by atoms with E-state index in [9.17, 15) is 18.0 Å². The highest BCUT2D eigenvalue weighted by molar-refractivity contribution is 6.30. The van der Waals surface area contributed by atoms with Gasteiger partial charge in [0.2, 0.25) is 5.88 Å². The van der Waals surface area contributed by atoms with Crippen molar-refractivity contribution >= 4 is 17.5 Å². The molecule has 3 rings (SSSR count). The predicted molar refractivity (Wildman–Crippen MR) is 95.5 cm³/mol. The SMILES string of the molecule is O=C(NCc1ccnc(OCC(F)(F)F)c1)c1cnn(-c2cccc(Cl)c2)c1. The summed E-state index contributed by atoms with van der Waals surface area (Å²) in [7, 11) is 0. The second kappa shape index (κ2) is 8.30. The van der Waals surface area contributed by atoms with E-state index >= 15 is 0 Å². The number of nitrogens with zero attached hydrogens (tertiary/aromatic N) is 3. The van der Waals surface area contributed by atoms with Crippen LogP contribution in [0.2, 0.25) is 5.02 Å². The average molecular weight is 411 g/mol. The zero-order valence-electron chi connectivity index (χ0n) is 14.3. The van der Waals surface area contributed by atoms with Crippen molar-refractivity contribution in [3.05, 3.63) is 71.1 Å². The van der Waals surface area contributed by atoms with Crippen molar-refractivity contribution < 1.29 is 22.7 Å². The molecule has 0 aliphatic heterocycles. The second-order valence-electron chi connectivity index (χ2n) is 5.74. The van der Waals surface area contributed by atoms with Crippen molar-refractivity contribution in [1.82, 2.24) is 20.1 Å². The third kappa shape index (κ3) is 5.46. The molecule has 1 N–H and O–H groups in total. The lowest BCUT2D eigenvalue weighted by atomic mass is 10.2. The zero-order chi connectivity index (χ0) is 20.1. The van der Waals surface area contributed by atoms with E-state index in [4.69, 9.17) is 11.6 Å². The molecule has 146 valence electrons. The number of hydrogen-bond donors (Lipinski definition) is 1. The first-order valence-corrected chi connectivity index (χ1v) is 8.41. The summed E-state index contributed by atoms with van der Waals surface area (Å²) in [6.07, 6.45) is -0.189. The highest BCUT2D eigenvalue weighted by Gasteiger charge is 2.28. The molecule has 10 heteroatoms. The molecule has 0 saturated heterocycles. The molecule has 0 radical (unpaired) electrons. The van der Waals surface area contributed by atoms with Gasteiger partial charge in [-0.25, -0.2) is 9.67 Å². The van der Waals surface area contributed by atoms with Crippen LogP contribution >= 0.6 is 11.6 Å². The maximum Gasteiger partial charge on any atom is 0.422 e. The van der Waals surface area contributed by atoms with Crippen molar-refractivity contribution in [3.8, 4) is 11.6 Å². The Labute approximate surface area is 162 Å². The number of hydrogen-bond acceptors (Lipinski definition) is 4. The van der Waals surface area contributed by atoms with Crippen LogP contribution in [0, 0.1) is 0 Å². The van der Waals surface area contributed by atoms with E-state index in [0.29, 0.717) is 21.8 Å². The Hall–Kier alpha value is -3.07. The third-order valence-corrected chi connectivity index (χ3v) is 3.79. The smallest absolute Gasteiger partial charge is 0.422 e. The molecule has 1 amide bonds. The first-order valence-electron chi connectivity index (χ1n) is 8.03. The summed E-state index contributed by atoms with van der Waals surface area (Å²) in [6, 6.07) is 9.89. The van der Waals surface area contributed by atoms with Crippen LogP contribution in [0.5, 0.6) is 5.88 Å². The Morgan fingerprint density at radius 1 is 1.25 bits per heavy atom. The number of pyridine rings is 1. The molecule has 28 heavy (non-hydrogen) atoms. The van der Waals surface area contributed by atoms with Crippen molar-refractivity contribution in [2.45, 2.75) is 12.7 Å². The van der Waals surface area contributed by atoms with E-state index in [0.717, 1.165) is 0 Å². The summed E-state index contributed by atoms with van der Waals surface area (Å²) in [4.78, 5) is 16.0. The standard InChI is InChI=1S/C18H14ClF3N4O2/c19-14-2-1-3-15(7-14)26-10-13(9-25-26)17(27)24-8-12-4-5-23-16(6-12)28-11-18(20,21)22/h1-7,9-10H,8,11H2,(H,24,27). The minimum Gasteiger partial charge on any atom is -0.468 e. The minimum absolute atomic E-state index is 0.0894. The molecule has 0 aliphatic rings. The monoisotopic (exact) mass is 410 g/mol. The van der Waals surface area contributed by atoms with Crippen LogP contribution in [0.4, 0.5) is 13.2 Å². The van der Waals surface area contributed by atoms with Crippen LogP contribution in [0.1, 0.15) is 15.9 Å². The summed E-state index contributed by atoms with van der Waals surface area (Å²) >= 11 is 5.94. The fraction of sp³-hybridized carbons (Fsp3) is 0.167. The molecule has 0 saturated carbocycles. The molecule has 0 aliphatic carbocycles. The van der Waals surface area contributed by atoms with Gasteiger partial charge in [0.25, 0.3) is 5.91 Å². The van der Waals surface area contributed by atoms with Crippen LogP contribution in [0.3, 0.4) is 0 Å². The largest absolute Gasteiger partial charge is 0.468 e. The Morgan fingerprint density at radius 2 is 2.07 bits per heavy atom. The topological polar surface area (TPSA) is 69.0 Å². The van der Waals surface area contributed by atoms with E-state index in [2.05, 4.69) is 20.1 Å². The van der Waals surface area contributed by atoms with E-state index in [1.54, 1.807) is 36.5 Å². The zero-order valence-corrected chi connectivity index (χ0v) is 15.0. The molecule has 3 aromatic rings. The van der Waals surface area contributed by atoms with Gasteiger partial charge in [-0.15, -0.1) is 0 Å². The first-order chi connectivity index (χ1) is 13.3. The summed E-state index contributed by atoms with van der Waals surface area (Å²) in [5.74, 6) is -0.555. The van der Waals surface area contributed by atoms with Gasteiger partial charge in [-0.1, -0.05) is 17.7 Å². The lowest BCUT2D eigenvalue weighted by molar-refractivity contribution is -0.154. The normalized spacial score (nSPS) is 11.3.